The standard InChI is InChI=1S/C18H22O7S/c1-22-16-11-15-14(12-6-3-4-7-13(12)18(19)25-15)10-17(16)23-8-5-9-24-26(2,20)21/h3-4,6-7,10-15H,5,8-9H2,1-2H3. The monoisotopic (exact) mass is 382 g/mol. The summed E-state index contributed by atoms with van der Waals surface area (Å²) in [4.78, 5) is 12.2. The highest BCUT2D eigenvalue weighted by Crippen LogP contribution is 2.41. The highest BCUT2D eigenvalue weighted by molar-refractivity contribution is 7.85. The first-order valence-corrected chi connectivity index (χ1v) is 10.2. The number of rotatable bonds is 7. The Morgan fingerprint density at radius 3 is 2.58 bits per heavy atom. The van der Waals surface area contributed by atoms with E-state index in [9.17, 15) is 13.2 Å². The van der Waals surface area contributed by atoms with E-state index in [0.29, 0.717) is 17.9 Å². The molecule has 3 rings (SSSR count). The Hall–Kier alpha value is -2.06. The summed E-state index contributed by atoms with van der Waals surface area (Å²) in [5.74, 6) is 0.497. The van der Waals surface area contributed by atoms with Gasteiger partial charge in [-0.15, -0.1) is 0 Å². The Balaban J connectivity index is 1.67. The van der Waals surface area contributed by atoms with Gasteiger partial charge >= 0.3 is 5.97 Å². The van der Waals surface area contributed by atoms with Crippen molar-refractivity contribution in [1.82, 2.24) is 0 Å². The summed E-state index contributed by atoms with van der Waals surface area (Å²) >= 11 is 0. The molecule has 0 bridgehead atoms. The van der Waals surface area contributed by atoms with Crippen molar-refractivity contribution in [2.45, 2.75) is 12.5 Å². The van der Waals surface area contributed by atoms with Gasteiger partial charge < -0.3 is 14.2 Å². The normalized spacial score (nSPS) is 29.8. The molecule has 0 aromatic heterocycles. The Morgan fingerprint density at radius 2 is 1.85 bits per heavy atom. The molecule has 8 heteroatoms. The number of hydrogen-bond donors (Lipinski definition) is 0. The van der Waals surface area contributed by atoms with E-state index in [0.717, 1.165) is 6.26 Å². The van der Waals surface area contributed by atoms with Crippen molar-refractivity contribution >= 4 is 16.1 Å². The van der Waals surface area contributed by atoms with Crippen molar-refractivity contribution in [3.8, 4) is 0 Å². The first kappa shape index (κ1) is 18.7. The van der Waals surface area contributed by atoms with Crippen molar-refractivity contribution in [2.24, 2.45) is 17.8 Å². The van der Waals surface area contributed by atoms with Gasteiger partial charge in [-0.3, -0.25) is 8.98 Å². The summed E-state index contributed by atoms with van der Waals surface area (Å²) < 4.78 is 43.3. The zero-order valence-corrected chi connectivity index (χ0v) is 15.5. The van der Waals surface area contributed by atoms with E-state index in [-0.39, 0.29) is 36.9 Å². The predicted octanol–water partition coefficient (Wildman–Crippen LogP) is 1.70. The van der Waals surface area contributed by atoms with E-state index in [2.05, 4.69) is 0 Å². The van der Waals surface area contributed by atoms with Crippen LogP contribution in [0.4, 0.5) is 0 Å². The van der Waals surface area contributed by atoms with Crippen LogP contribution in [-0.2, 0) is 33.3 Å². The predicted molar refractivity (Wildman–Crippen MR) is 93.2 cm³/mol. The Labute approximate surface area is 153 Å². The van der Waals surface area contributed by atoms with Crippen LogP contribution < -0.4 is 0 Å². The molecule has 0 N–H and O–H groups in total. The maximum absolute atomic E-state index is 12.2. The molecule has 4 unspecified atom stereocenters. The molecule has 0 radical (unpaired) electrons. The maximum atomic E-state index is 12.2. The van der Waals surface area contributed by atoms with Crippen molar-refractivity contribution in [2.75, 3.05) is 26.6 Å². The smallest absolute Gasteiger partial charge is 0.314 e. The van der Waals surface area contributed by atoms with Gasteiger partial charge in [0.25, 0.3) is 10.1 Å². The second kappa shape index (κ2) is 7.67. The Bertz CT molecular complexity index is 775. The van der Waals surface area contributed by atoms with Gasteiger partial charge in [-0.1, -0.05) is 24.3 Å². The average molecular weight is 382 g/mol. The van der Waals surface area contributed by atoms with Crippen LogP contribution in [0.15, 0.2) is 48.0 Å². The molecule has 3 aliphatic rings. The second-order valence-corrected chi connectivity index (χ2v) is 7.99. The largest absolute Gasteiger partial charge is 0.493 e. The number of allylic oxidation sites excluding steroid dienone is 3. The number of hydrogen-bond acceptors (Lipinski definition) is 7. The summed E-state index contributed by atoms with van der Waals surface area (Å²) in [7, 11) is -1.93. The van der Waals surface area contributed by atoms with Gasteiger partial charge in [-0.25, -0.2) is 0 Å². The summed E-state index contributed by atoms with van der Waals surface area (Å²) in [6, 6.07) is 0. The van der Waals surface area contributed by atoms with Gasteiger partial charge in [0.2, 0.25) is 0 Å². The van der Waals surface area contributed by atoms with Crippen LogP contribution >= 0.6 is 0 Å². The minimum Gasteiger partial charge on any atom is -0.493 e. The van der Waals surface area contributed by atoms with Gasteiger partial charge in [0.1, 0.15) is 6.10 Å². The minimum atomic E-state index is -3.45. The van der Waals surface area contributed by atoms with E-state index in [1.54, 1.807) is 6.08 Å². The maximum Gasteiger partial charge on any atom is 0.314 e. The summed E-state index contributed by atoms with van der Waals surface area (Å²) in [6.45, 7) is 0.336. The van der Waals surface area contributed by atoms with Crippen LogP contribution in [0.5, 0.6) is 0 Å². The number of fused-ring (bicyclic) bond motifs is 3. The number of carbonyl (C=O) groups excluding carboxylic acids is 1. The molecular weight excluding hydrogens is 360 g/mol. The van der Waals surface area contributed by atoms with Gasteiger partial charge in [-0.05, 0) is 6.08 Å². The quantitative estimate of drug-likeness (QED) is 0.376. The first-order valence-electron chi connectivity index (χ1n) is 8.40. The number of ether oxygens (including phenoxy) is 3. The fraction of sp³-hybridized carbons (Fsp3) is 0.500. The fourth-order valence-corrected chi connectivity index (χ4v) is 3.74. The average Bonchev–Trinajstić information content (AvgIpc) is 2.60. The highest BCUT2D eigenvalue weighted by Gasteiger charge is 2.44. The summed E-state index contributed by atoms with van der Waals surface area (Å²) in [6.07, 6.45) is 12.4. The molecule has 0 amide bonds. The second-order valence-electron chi connectivity index (χ2n) is 6.35. The lowest BCUT2D eigenvalue weighted by atomic mass is 9.73. The van der Waals surface area contributed by atoms with Crippen LogP contribution in [0.2, 0.25) is 0 Å². The topological polar surface area (TPSA) is 88.1 Å². The molecule has 26 heavy (non-hydrogen) atoms. The van der Waals surface area contributed by atoms with E-state index >= 15 is 0 Å². The van der Waals surface area contributed by atoms with Crippen molar-refractivity contribution in [3.05, 3.63) is 48.0 Å². The first-order chi connectivity index (χ1) is 12.4. The number of esters is 1. The molecule has 0 saturated carbocycles. The van der Waals surface area contributed by atoms with E-state index < -0.39 is 16.2 Å². The van der Waals surface area contributed by atoms with Gasteiger partial charge in [0, 0.05) is 24.3 Å². The molecule has 4 atom stereocenters. The zero-order chi connectivity index (χ0) is 18.7. The Kier molecular flexibility index (Phi) is 5.52. The number of carbonyl (C=O) groups is 1. The molecule has 0 aromatic carbocycles. The summed E-state index contributed by atoms with van der Waals surface area (Å²) in [5, 5.41) is 0. The lowest BCUT2D eigenvalue weighted by Crippen LogP contribution is -2.44. The third-order valence-electron chi connectivity index (χ3n) is 4.49. The van der Waals surface area contributed by atoms with E-state index in [4.69, 9.17) is 18.4 Å². The fourth-order valence-electron chi connectivity index (χ4n) is 3.32. The van der Waals surface area contributed by atoms with Crippen LogP contribution in [0, 0.1) is 17.8 Å². The van der Waals surface area contributed by atoms with Crippen LogP contribution in [0.3, 0.4) is 0 Å². The zero-order valence-electron chi connectivity index (χ0n) is 14.7. The molecule has 7 nitrogen and oxygen atoms in total. The SMILES string of the molecule is COC1=CC2OC(=O)C3C=CC=CC3C2C=C1OCCCOS(C)(=O)=O. The third kappa shape index (κ3) is 4.19. The van der Waals surface area contributed by atoms with Crippen molar-refractivity contribution in [3.63, 3.8) is 0 Å². The van der Waals surface area contributed by atoms with E-state index in [1.807, 2.05) is 30.4 Å². The molecule has 1 heterocycles. The molecule has 0 spiro atoms. The lowest BCUT2D eigenvalue weighted by molar-refractivity contribution is -0.161. The molecule has 2 aliphatic carbocycles. The Morgan fingerprint density at radius 1 is 1.08 bits per heavy atom. The highest BCUT2D eigenvalue weighted by atomic mass is 32.2. The molecule has 1 aliphatic heterocycles. The molecule has 1 fully saturated rings. The van der Waals surface area contributed by atoms with E-state index in [1.165, 1.54) is 7.11 Å². The molecular formula is C18H22O7S. The van der Waals surface area contributed by atoms with Gasteiger partial charge in [0.05, 0.1) is 32.5 Å². The third-order valence-corrected chi connectivity index (χ3v) is 5.09. The molecule has 1 saturated heterocycles. The molecule has 142 valence electrons. The minimum absolute atomic E-state index is 0.00748. The van der Waals surface area contributed by atoms with Crippen LogP contribution in [0.25, 0.3) is 0 Å². The van der Waals surface area contributed by atoms with Gasteiger partial charge in [-0.2, -0.15) is 8.42 Å². The summed E-state index contributed by atoms with van der Waals surface area (Å²) in [5.41, 5.74) is 0. The number of methoxy groups -OCH3 is 1. The van der Waals surface area contributed by atoms with Crippen molar-refractivity contribution < 1.29 is 31.6 Å². The van der Waals surface area contributed by atoms with Crippen molar-refractivity contribution in [1.29, 1.82) is 0 Å². The lowest BCUT2D eigenvalue weighted by Gasteiger charge is -2.40. The van der Waals surface area contributed by atoms with Gasteiger partial charge in [0.15, 0.2) is 11.5 Å². The van der Waals surface area contributed by atoms with Crippen LogP contribution in [0.1, 0.15) is 6.42 Å². The molecule has 0 aromatic rings. The van der Waals surface area contributed by atoms with Crippen LogP contribution in [-0.4, -0.2) is 47.1 Å².